The maximum absolute atomic E-state index is 13.6. The first-order valence-corrected chi connectivity index (χ1v) is 6.47. The van der Waals surface area contributed by atoms with Crippen LogP contribution in [-0.2, 0) is 11.3 Å². The van der Waals surface area contributed by atoms with E-state index in [1.54, 1.807) is 19.2 Å². The van der Waals surface area contributed by atoms with Crippen LogP contribution in [0.15, 0.2) is 36.5 Å². The van der Waals surface area contributed by atoms with E-state index in [1.807, 2.05) is 0 Å². The number of hydrogen-bond donors (Lipinski definition) is 1. The van der Waals surface area contributed by atoms with E-state index in [0.717, 1.165) is 23.8 Å². The van der Waals surface area contributed by atoms with Crippen molar-refractivity contribution in [3.05, 3.63) is 53.7 Å². The Balaban J connectivity index is 2.10. The molecule has 0 saturated heterocycles. The lowest BCUT2D eigenvalue weighted by Crippen LogP contribution is -2.19. The van der Waals surface area contributed by atoms with Crippen LogP contribution >= 0.6 is 0 Å². The molecular weight excluding hydrogens is 278 g/mol. The molecule has 0 bridgehead atoms. The number of nitrogens with one attached hydrogen (secondary N) is 1. The third-order valence-electron chi connectivity index (χ3n) is 2.75. The molecule has 0 aliphatic rings. The Kier molecular flexibility index (Phi) is 5.59. The first-order chi connectivity index (χ1) is 10.2. The van der Waals surface area contributed by atoms with E-state index in [1.165, 1.54) is 6.20 Å². The van der Waals surface area contributed by atoms with Crippen LogP contribution in [0.2, 0.25) is 0 Å². The first kappa shape index (κ1) is 15.3. The molecule has 1 aromatic carbocycles. The fourth-order valence-corrected chi connectivity index (χ4v) is 1.71. The van der Waals surface area contributed by atoms with Crippen molar-refractivity contribution >= 4 is 0 Å². The topological polar surface area (TPSA) is 43.4 Å². The standard InChI is InChI=1S/C15H16F2N2O2/c1-20-8-7-18-10-11-3-2-6-19-15(11)21-14-9-12(16)4-5-13(14)17/h2-6,9,18H,7-8,10H2,1H3. The van der Waals surface area contributed by atoms with Crippen molar-refractivity contribution < 1.29 is 18.3 Å². The molecule has 0 spiro atoms. The van der Waals surface area contributed by atoms with Crippen LogP contribution in [0.3, 0.4) is 0 Å². The number of rotatable bonds is 7. The molecule has 1 aromatic heterocycles. The van der Waals surface area contributed by atoms with Crippen LogP contribution in [0.5, 0.6) is 11.6 Å². The largest absolute Gasteiger partial charge is 0.436 e. The van der Waals surface area contributed by atoms with Crippen molar-refractivity contribution in [3.8, 4) is 11.6 Å². The second-order valence-corrected chi connectivity index (χ2v) is 4.31. The highest BCUT2D eigenvalue weighted by atomic mass is 19.1. The van der Waals surface area contributed by atoms with Gasteiger partial charge in [0.1, 0.15) is 5.82 Å². The summed E-state index contributed by atoms with van der Waals surface area (Å²) in [6.45, 7) is 1.73. The second-order valence-electron chi connectivity index (χ2n) is 4.31. The molecule has 2 aromatic rings. The SMILES string of the molecule is COCCNCc1cccnc1Oc1cc(F)ccc1F. The Labute approximate surface area is 121 Å². The predicted molar refractivity (Wildman–Crippen MR) is 74.3 cm³/mol. The van der Waals surface area contributed by atoms with Gasteiger partial charge in [-0.15, -0.1) is 0 Å². The second kappa shape index (κ2) is 7.66. The van der Waals surface area contributed by atoms with Crippen LogP contribution in [0.25, 0.3) is 0 Å². The van der Waals surface area contributed by atoms with Gasteiger partial charge in [0.05, 0.1) is 6.61 Å². The monoisotopic (exact) mass is 294 g/mol. The summed E-state index contributed by atoms with van der Waals surface area (Å²) in [5.74, 6) is -1.15. The van der Waals surface area contributed by atoms with Crippen molar-refractivity contribution in [2.75, 3.05) is 20.3 Å². The lowest BCUT2D eigenvalue weighted by Gasteiger charge is -2.11. The van der Waals surface area contributed by atoms with Crippen molar-refractivity contribution in [2.45, 2.75) is 6.54 Å². The third kappa shape index (κ3) is 4.47. The van der Waals surface area contributed by atoms with Crippen molar-refractivity contribution in [1.29, 1.82) is 0 Å². The van der Waals surface area contributed by atoms with Gasteiger partial charge in [-0.3, -0.25) is 0 Å². The summed E-state index contributed by atoms with van der Waals surface area (Å²) in [7, 11) is 1.62. The highest BCUT2D eigenvalue weighted by Crippen LogP contribution is 2.26. The summed E-state index contributed by atoms with van der Waals surface area (Å²) >= 11 is 0. The van der Waals surface area contributed by atoms with E-state index in [9.17, 15) is 8.78 Å². The maximum atomic E-state index is 13.6. The van der Waals surface area contributed by atoms with Crippen LogP contribution < -0.4 is 10.1 Å². The first-order valence-electron chi connectivity index (χ1n) is 6.47. The van der Waals surface area contributed by atoms with Crippen molar-refractivity contribution in [3.63, 3.8) is 0 Å². The zero-order valence-electron chi connectivity index (χ0n) is 11.6. The Hall–Kier alpha value is -2.05. The van der Waals surface area contributed by atoms with Crippen LogP contribution in [0, 0.1) is 11.6 Å². The maximum Gasteiger partial charge on any atom is 0.223 e. The summed E-state index contributed by atoms with van der Waals surface area (Å²) < 4.78 is 37.0. The molecule has 21 heavy (non-hydrogen) atoms. The number of aromatic nitrogens is 1. The van der Waals surface area contributed by atoms with Gasteiger partial charge in [-0.25, -0.2) is 13.8 Å². The minimum Gasteiger partial charge on any atom is -0.436 e. The smallest absolute Gasteiger partial charge is 0.223 e. The molecule has 1 heterocycles. The summed E-state index contributed by atoms with van der Waals surface area (Å²) in [6, 6.07) is 6.60. The molecule has 4 nitrogen and oxygen atoms in total. The molecule has 0 aliphatic heterocycles. The van der Waals surface area contributed by atoms with Crippen LogP contribution in [0.1, 0.15) is 5.56 Å². The molecule has 0 atom stereocenters. The van der Waals surface area contributed by atoms with E-state index in [-0.39, 0.29) is 11.6 Å². The zero-order chi connectivity index (χ0) is 15.1. The Bertz CT molecular complexity index is 594. The zero-order valence-corrected chi connectivity index (χ0v) is 11.6. The summed E-state index contributed by atoms with van der Waals surface area (Å²) in [5, 5.41) is 3.14. The number of hydrogen-bond acceptors (Lipinski definition) is 4. The number of methoxy groups -OCH3 is 1. The van der Waals surface area contributed by atoms with E-state index < -0.39 is 11.6 Å². The molecule has 6 heteroatoms. The normalized spacial score (nSPS) is 10.6. The van der Waals surface area contributed by atoms with Gasteiger partial charge in [0.25, 0.3) is 0 Å². The third-order valence-corrected chi connectivity index (χ3v) is 2.75. The van der Waals surface area contributed by atoms with Gasteiger partial charge in [0.2, 0.25) is 5.88 Å². The minimum atomic E-state index is -0.639. The fourth-order valence-electron chi connectivity index (χ4n) is 1.71. The minimum absolute atomic E-state index is 0.188. The summed E-state index contributed by atoms with van der Waals surface area (Å²) in [6.07, 6.45) is 1.53. The van der Waals surface area contributed by atoms with Gasteiger partial charge in [0, 0.05) is 38.0 Å². The van der Waals surface area contributed by atoms with E-state index in [0.29, 0.717) is 19.7 Å². The fraction of sp³-hybridized carbons (Fsp3) is 0.267. The lowest BCUT2D eigenvalue weighted by molar-refractivity contribution is 0.199. The number of nitrogens with zero attached hydrogens (tertiary/aromatic N) is 1. The van der Waals surface area contributed by atoms with Gasteiger partial charge >= 0.3 is 0 Å². The molecule has 0 aliphatic carbocycles. The van der Waals surface area contributed by atoms with Crippen molar-refractivity contribution in [2.24, 2.45) is 0 Å². The Morgan fingerprint density at radius 1 is 1.24 bits per heavy atom. The summed E-state index contributed by atoms with van der Waals surface area (Å²) in [4.78, 5) is 4.06. The molecule has 112 valence electrons. The van der Waals surface area contributed by atoms with Gasteiger partial charge in [-0.1, -0.05) is 6.07 Å². The quantitative estimate of drug-likeness (QED) is 0.797. The molecule has 0 unspecified atom stereocenters. The lowest BCUT2D eigenvalue weighted by atomic mass is 10.2. The summed E-state index contributed by atoms with van der Waals surface area (Å²) in [5.41, 5.74) is 0.747. The predicted octanol–water partition coefficient (Wildman–Crippen LogP) is 2.89. The van der Waals surface area contributed by atoms with Gasteiger partial charge in [0.15, 0.2) is 11.6 Å². The molecular formula is C15H16F2N2O2. The Morgan fingerprint density at radius 3 is 2.90 bits per heavy atom. The van der Waals surface area contributed by atoms with Gasteiger partial charge in [-0.05, 0) is 18.2 Å². The van der Waals surface area contributed by atoms with E-state index in [2.05, 4.69) is 10.3 Å². The van der Waals surface area contributed by atoms with E-state index in [4.69, 9.17) is 9.47 Å². The highest BCUT2D eigenvalue weighted by Gasteiger charge is 2.10. The number of halogens is 2. The average Bonchev–Trinajstić information content (AvgIpc) is 2.49. The van der Waals surface area contributed by atoms with Gasteiger partial charge < -0.3 is 14.8 Å². The van der Waals surface area contributed by atoms with Crippen LogP contribution in [0.4, 0.5) is 8.78 Å². The number of ether oxygens (including phenoxy) is 2. The van der Waals surface area contributed by atoms with Gasteiger partial charge in [-0.2, -0.15) is 0 Å². The molecule has 1 N–H and O–H groups in total. The van der Waals surface area contributed by atoms with E-state index >= 15 is 0 Å². The number of pyridine rings is 1. The highest BCUT2D eigenvalue weighted by molar-refractivity contribution is 5.33. The average molecular weight is 294 g/mol. The molecule has 0 amide bonds. The molecule has 2 rings (SSSR count). The molecule has 0 saturated carbocycles. The van der Waals surface area contributed by atoms with Crippen LogP contribution in [-0.4, -0.2) is 25.2 Å². The Morgan fingerprint density at radius 2 is 2.10 bits per heavy atom. The number of benzene rings is 1. The molecule has 0 fully saturated rings. The van der Waals surface area contributed by atoms with Crippen molar-refractivity contribution in [1.82, 2.24) is 10.3 Å². The molecule has 0 radical (unpaired) electrons.